The van der Waals surface area contributed by atoms with E-state index in [-0.39, 0.29) is 18.5 Å². The van der Waals surface area contributed by atoms with E-state index >= 15 is 0 Å². The van der Waals surface area contributed by atoms with Gasteiger partial charge in [0.15, 0.2) is 0 Å². The number of aryl methyl sites for hydroxylation is 2. The number of rotatable bonds is 7. The number of nitrogens with one attached hydrogen (secondary N) is 1. The van der Waals surface area contributed by atoms with Crippen LogP contribution in [0.3, 0.4) is 0 Å². The van der Waals surface area contributed by atoms with Gasteiger partial charge in [0, 0.05) is 6.54 Å². The van der Waals surface area contributed by atoms with E-state index in [0.717, 1.165) is 29.7 Å². The van der Waals surface area contributed by atoms with Crippen LogP contribution in [-0.4, -0.2) is 39.2 Å². The van der Waals surface area contributed by atoms with Crippen LogP contribution in [0.1, 0.15) is 48.1 Å². The summed E-state index contributed by atoms with van der Waals surface area (Å²) in [5, 5.41) is 15.5. The minimum atomic E-state index is -0.152. The SMILES string of the molecule is CCCCNC(=O)CN1C(c2ccc(C)cc2)=CC(c2ccc(C)cc2)n2nnnc21. The van der Waals surface area contributed by atoms with E-state index in [9.17, 15) is 4.79 Å². The van der Waals surface area contributed by atoms with E-state index in [4.69, 9.17) is 0 Å². The Morgan fingerprint density at radius 1 is 1.03 bits per heavy atom. The third-order valence-electron chi connectivity index (χ3n) is 5.51. The number of carbonyl (C=O) groups is 1. The van der Waals surface area contributed by atoms with Gasteiger partial charge < -0.3 is 5.32 Å². The van der Waals surface area contributed by atoms with Crippen molar-refractivity contribution in [2.75, 3.05) is 18.0 Å². The molecule has 0 bridgehead atoms. The minimum absolute atomic E-state index is 0.0465. The van der Waals surface area contributed by atoms with Gasteiger partial charge in [-0.1, -0.05) is 78.1 Å². The lowest BCUT2D eigenvalue weighted by Crippen LogP contribution is -2.40. The molecule has 1 N–H and O–H groups in total. The molecule has 31 heavy (non-hydrogen) atoms. The highest BCUT2D eigenvalue weighted by Crippen LogP contribution is 2.36. The zero-order valence-corrected chi connectivity index (χ0v) is 18.2. The molecule has 4 rings (SSSR count). The molecule has 0 spiro atoms. The second kappa shape index (κ2) is 9.12. The van der Waals surface area contributed by atoms with E-state index in [2.05, 4.69) is 96.2 Å². The van der Waals surface area contributed by atoms with Crippen LogP contribution >= 0.6 is 0 Å². The zero-order valence-electron chi connectivity index (χ0n) is 18.2. The van der Waals surface area contributed by atoms with Crippen molar-refractivity contribution in [3.63, 3.8) is 0 Å². The Balaban J connectivity index is 1.74. The lowest BCUT2D eigenvalue weighted by Gasteiger charge is -2.32. The number of benzene rings is 2. The van der Waals surface area contributed by atoms with Crippen LogP contribution in [0.5, 0.6) is 0 Å². The van der Waals surface area contributed by atoms with Gasteiger partial charge >= 0.3 is 0 Å². The molecule has 1 amide bonds. The van der Waals surface area contributed by atoms with Gasteiger partial charge in [0.05, 0.1) is 5.70 Å². The van der Waals surface area contributed by atoms with Crippen molar-refractivity contribution in [2.45, 2.75) is 39.7 Å². The molecule has 7 heteroatoms. The fraction of sp³-hybridized carbons (Fsp3) is 0.333. The van der Waals surface area contributed by atoms with Crippen LogP contribution in [0.25, 0.3) is 5.70 Å². The number of hydrogen-bond donors (Lipinski definition) is 1. The van der Waals surface area contributed by atoms with Gasteiger partial charge in [0.1, 0.15) is 12.6 Å². The van der Waals surface area contributed by atoms with Crippen LogP contribution in [0.15, 0.2) is 54.6 Å². The summed E-state index contributed by atoms with van der Waals surface area (Å²) in [7, 11) is 0. The van der Waals surface area contributed by atoms with E-state index < -0.39 is 0 Å². The summed E-state index contributed by atoms with van der Waals surface area (Å²) in [6.45, 7) is 7.07. The Morgan fingerprint density at radius 3 is 2.39 bits per heavy atom. The maximum atomic E-state index is 12.7. The fourth-order valence-electron chi connectivity index (χ4n) is 3.70. The molecule has 0 aliphatic carbocycles. The average molecular weight is 417 g/mol. The van der Waals surface area contributed by atoms with Crippen molar-refractivity contribution < 1.29 is 4.79 Å². The monoisotopic (exact) mass is 416 g/mol. The first-order valence-corrected chi connectivity index (χ1v) is 10.7. The number of allylic oxidation sites excluding steroid dienone is 1. The van der Waals surface area contributed by atoms with Crippen molar-refractivity contribution in [3.05, 3.63) is 76.9 Å². The highest BCUT2D eigenvalue weighted by molar-refractivity contribution is 5.89. The molecule has 7 nitrogen and oxygen atoms in total. The molecule has 1 aliphatic heterocycles. The second-order valence-corrected chi connectivity index (χ2v) is 7.99. The Hall–Kier alpha value is -3.48. The molecule has 0 saturated heterocycles. The molecule has 1 aliphatic rings. The molecule has 2 aromatic carbocycles. The fourth-order valence-corrected chi connectivity index (χ4v) is 3.70. The molecule has 0 saturated carbocycles. The number of nitrogens with zero attached hydrogens (tertiary/aromatic N) is 5. The molecular weight excluding hydrogens is 388 g/mol. The van der Waals surface area contributed by atoms with E-state index in [0.29, 0.717) is 12.5 Å². The second-order valence-electron chi connectivity index (χ2n) is 7.99. The molecule has 160 valence electrons. The molecule has 3 aromatic rings. The van der Waals surface area contributed by atoms with Crippen LogP contribution < -0.4 is 10.2 Å². The van der Waals surface area contributed by atoms with Gasteiger partial charge in [-0.2, -0.15) is 4.68 Å². The lowest BCUT2D eigenvalue weighted by atomic mass is 9.99. The van der Waals surface area contributed by atoms with E-state index in [1.54, 1.807) is 4.68 Å². The van der Waals surface area contributed by atoms with Crippen molar-refractivity contribution in [1.82, 2.24) is 25.5 Å². The highest BCUT2D eigenvalue weighted by Gasteiger charge is 2.31. The summed E-state index contributed by atoms with van der Waals surface area (Å²) < 4.78 is 1.78. The zero-order chi connectivity index (χ0) is 21.8. The summed E-state index contributed by atoms with van der Waals surface area (Å²) in [5.74, 6) is 0.518. The summed E-state index contributed by atoms with van der Waals surface area (Å²) >= 11 is 0. The molecule has 1 atom stereocenters. The minimum Gasteiger partial charge on any atom is -0.355 e. The molecular formula is C24H28N6O. The number of amides is 1. The summed E-state index contributed by atoms with van der Waals surface area (Å²) in [4.78, 5) is 14.6. The number of unbranched alkanes of at least 4 members (excludes halogenated alkanes) is 1. The molecule has 0 radical (unpaired) electrons. The maximum Gasteiger partial charge on any atom is 0.251 e. The van der Waals surface area contributed by atoms with Crippen LogP contribution in [-0.2, 0) is 4.79 Å². The van der Waals surface area contributed by atoms with Crippen molar-refractivity contribution in [3.8, 4) is 0 Å². The topological polar surface area (TPSA) is 75.9 Å². The summed E-state index contributed by atoms with van der Waals surface area (Å²) in [5.41, 5.74) is 5.43. The van der Waals surface area contributed by atoms with E-state index in [1.807, 2.05) is 4.90 Å². The van der Waals surface area contributed by atoms with Gasteiger partial charge in [-0.3, -0.25) is 9.69 Å². The van der Waals surface area contributed by atoms with Crippen molar-refractivity contribution >= 4 is 17.6 Å². The first kappa shape index (κ1) is 20.8. The maximum absolute atomic E-state index is 12.7. The predicted octanol–water partition coefficient (Wildman–Crippen LogP) is 3.66. The number of carbonyl (C=O) groups excluding carboxylic acids is 1. The standard InChI is InChI=1S/C24H28N6O/c1-4-5-14-25-23(31)16-29-21(19-10-6-17(2)7-11-19)15-22(30-24(29)26-27-28-30)20-12-8-18(3)9-13-20/h6-13,15,22H,4-5,14,16H2,1-3H3,(H,25,31). The van der Waals surface area contributed by atoms with Crippen LogP contribution in [0.2, 0.25) is 0 Å². The van der Waals surface area contributed by atoms with Gasteiger partial charge in [0.25, 0.3) is 5.95 Å². The van der Waals surface area contributed by atoms with Gasteiger partial charge in [0.2, 0.25) is 5.91 Å². The number of tetrazole rings is 1. The Kier molecular flexibility index (Phi) is 6.11. The van der Waals surface area contributed by atoms with Crippen molar-refractivity contribution in [2.24, 2.45) is 0 Å². The average Bonchev–Trinajstić information content (AvgIpc) is 3.26. The smallest absolute Gasteiger partial charge is 0.251 e. The number of aromatic nitrogens is 4. The number of anilines is 1. The summed E-state index contributed by atoms with van der Waals surface area (Å²) in [6, 6.07) is 16.5. The third-order valence-corrected chi connectivity index (χ3v) is 5.51. The largest absolute Gasteiger partial charge is 0.355 e. The van der Waals surface area contributed by atoms with Gasteiger partial charge in [-0.25, -0.2) is 0 Å². The molecule has 2 heterocycles. The Labute approximate surface area is 182 Å². The normalized spacial score (nSPS) is 15.4. The summed E-state index contributed by atoms with van der Waals surface area (Å²) in [6.07, 6.45) is 4.13. The van der Waals surface area contributed by atoms with E-state index in [1.165, 1.54) is 11.1 Å². The molecule has 1 aromatic heterocycles. The quantitative estimate of drug-likeness (QED) is 0.595. The molecule has 0 fully saturated rings. The van der Waals surface area contributed by atoms with Crippen molar-refractivity contribution in [1.29, 1.82) is 0 Å². The Morgan fingerprint density at radius 2 is 1.71 bits per heavy atom. The molecule has 1 unspecified atom stereocenters. The first-order chi connectivity index (χ1) is 15.1. The van der Waals surface area contributed by atoms with Gasteiger partial charge in [-0.05, 0) is 47.9 Å². The first-order valence-electron chi connectivity index (χ1n) is 10.7. The lowest BCUT2D eigenvalue weighted by molar-refractivity contribution is -0.119. The number of hydrogen-bond acceptors (Lipinski definition) is 5. The predicted molar refractivity (Wildman–Crippen MR) is 122 cm³/mol. The van der Waals surface area contributed by atoms with Crippen LogP contribution in [0.4, 0.5) is 5.95 Å². The van der Waals surface area contributed by atoms with Gasteiger partial charge in [-0.15, -0.1) is 0 Å². The third kappa shape index (κ3) is 4.50. The van der Waals surface area contributed by atoms with Crippen LogP contribution in [0, 0.1) is 13.8 Å². The Bertz CT molecular complexity index is 1070. The number of fused-ring (bicyclic) bond motifs is 1. The highest BCUT2D eigenvalue weighted by atomic mass is 16.2.